The Morgan fingerprint density at radius 1 is 0.261 bits per heavy atom. The summed E-state index contributed by atoms with van der Waals surface area (Å²) >= 11 is 0. The second kappa shape index (κ2) is 22.8. The van der Waals surface area contributed by atoms with Crippen molar-refractivity contribution in [3.63, 3.8) is 0 Å². The Kier molecular flexibility index (Phi) is 13.7. The zero-order chi connectivity index (χ0) is 62.0. The van der Waals surface area contributed by atoms with Crippen molar-refractivity contribution in [2.75, 3.05) is 0 Å². The normalized spacial score (nSPS) is 11.5. The second-order valence-corrected chi connectivity index (χ2v) is 24.2. The molecule has 0 saturated carbocycles. The van der Waals surface area contributed by atoms with Crippen molar-refractivity contribution >= 4 is 49.3 Å². The van der Waals surface area contributed by atoms with E-state index in [1.807, 2.05) is 54.6 Å². The molecular formula is C86H60N6. The molecule has 0 spiro atoms. The van der Waals surface area contributed by atoms with Gasteiger partial charge in [-0.05, 0) is 162 Å². The Balaban J connectivity index is 1.04. The first-order chi connectivity index (χ1) is 45.2. The zero-order valence-electron chi connectivity index (χ0n) is 51.4. The summed E-state index contributed by atoms with van der Waals surface area (Å²) in [5, 5.41) is 4.52. The van der Waals surface area contributed by atoms with E-state index in [-0.39, 0.29) is 0 Å². The fourth-order valence-electron chi connectivity index (χ4n) is 13.6. The molecule has 16 rings (SSSR count). The number of nitrogens with zero attached hydrogens (tertiary/aromatic N) is 6. The fourth-order valence-corrected chi connectivity index (χ4v) is 13.6. The van der Waals surface area contributed by atoms with Crippen LogP contribution in [0.2, 0.25) is 0 Å². The van der Waals surface area contributed by atoms with Gasteiger partial charge >= 0.3 is 0 Å². The number of hydrogen-bond donors (Lipinski definition) is 0. The van der Waals surface area contributed by atoms with Gasteiger partial charge in [-0.3, -0.25) is 0 Å². The lowest BCUT2D eigenvalue weighted by atomic mass is 9.92. The number of aryl methyl sites for hydroxylation is 4. The number of benzene rings is 13. The van der Waals surface area contributed by atoms with Gasteiger partial charge in [0.15, 0.2) is 23.2 Å². The van der Waals surface area contributed by atoms with Crippen molar-refractivity contribution in [2.45, 2.75) is 27.7 Å². The van der Waals surface area contributed by atoms with E-state index in [2.05, 4.69) is 278 Å². The zero-order valence-corrected chi connectivity index (χ0v) is 51.4. The molecule has 0 saturated heterocycles. The molecule has 0 radical (unpaired) electrons. The third-order valence-electron chi connectivity index (χ3n) is 18.0. The van der Waals surface area contributed by atoms with E-state index in [1.165, 1.54) is 33.4 Å². The first-order valence-electron chi connectivity index (χ1n) is 31.2. The second-order valence-electron chi connectivity index (χ2n) is 24.2. The Labute approximate surface area is 535 Å². The molecule has 6 heteroatoms. The van der Waals surface area contributed by atoms with E-state index < -0.39 is 0 Å². The number of hydrogen-bond acceptors (Lipinski definition) is 3. The van der Waals surface area contributed by atoms with E-state index in [1.54, 1.807) is 0 Å². The van der Waals surface area contributed by atoms with Crippen LogP contribution in [0.15, 0.2) is 291 Å². The standard InChI is InChI=1S/C86H60N6/c1-54-18-12-26-60(44-54)65-34-40-78-73(50-65)74-51-66(61-27-13-19-55(2)45-61)35-41-79(74)91(78)77-39-38-69(64-30-16-31-70(48-64)87-5)49-72(77)71-32-17-33-82(83(71)86-89-84(58-22-8-6-9-23-58)88-85(90-86)59-24-10-7-11-25-59)92-80-42-36-67(62-28-14-20-56(3)46-62)52-75(80)76-53-68(37-43-81(76)92)63-29-15-21-57(4)47-63/h6-53H,1-4H3. The highest BCUT2D eigenvalue weighted by Gasteiger charge is 2.27. The van der Waals surface area contributed by atoms with E-state index in [0.717, 1.165) is 127 Å². The highest BCUT2D eigenvalue weighted by molar-refractivity contribution is 6.14. The SMILES string of the molecule is [C-]#[N+]c1cccc(-c2ccc(-n3c4ccc(-c5cccc(C)c5)cc4c4cc(-c5cccc(C)c5)ccc43)c(-c3cccc(-n4c5ccc(-c6cccc(C)c6)cc5c5cc(-c6cccc(C)c6)ccc54)c3-c3nc(-c4ccccc4)nc(-c4ccccc4)n3)c2)c1. The van der Waals surface area contributed by atoms with Gasteiger partial charge < -0.3 is 9.13 Å². The smallest absolute Gasteiger partial charge is 0.187 e. The van der Waals surface area contributed by atoms with Crippen LogP contribution in [-0.4, -0.2) is 24.1 Å². The van der Waals surface area contributed by atoms with Crippen LogP contribution in [-0.2, 0) is 0 Å². The molecule has 0 unspecified atom stereocenters. The van der Waals surface area contributed by atoms with Gasteiger partial charge in [0.25, 0.3) is 0 Å². The number of aromatic nitrogens is 5. The molecule has 6 nitrogen and oxygen atoms in total. The van der Waals surface area contributed by atoms with Crippen LogP contribution in [0, 0.1) is 34.3 Å². The van der Waals surface area contributed by atoms with Gasteiger partial charge in [-0.25, -0.2) is 19.8 Å². The van der Waals surface area contributed by atoms with Crippen molar-refractivity contribution in [1.29, 1.82) is 0 Å². The lowest BCUT2D eigenvalue weighted by Gasteiger charge is -2.21. The summed E-state index contributed by atoms with van der Waals surface area (Å²) < 4.78 is 4.88. The van der Waals surface area contributed by atoms with Crippen LogP contribution < -0.4 is 0 Å². The summed E-state index contributed by atoms with van der Waals surface area (Å²) in [7, 11) is 0. The van der Waals surface area contributed by atoms with Crippen molar-refractivity contribution < 1.29 is 0 Å². The summed E-state index contributed by atoms with van der Waals surface area (Å²) in [5.74, 6) is 1.64. The van der Waals surface area contributed by atoms with Crippen molar-refractivity contribution in [3.8, 4) is 112 Å². The molecule has 0 N–H and O–H groups in total. The van der Waals surface area contributed by atoms with Crippen LogP contribution >= 0.6 is 0 Å². The quantitative estimate of drug-likeness (QED) is 0.121. The molecule has 0 amide bonds. The molecule has 92 heavy (non-hydrogen) atoms. The highest BCUT2D eigenvalue weighted by atomic mass is 15.1. The van der Waals surface area contributed by atoms with Crippen LogP contribution in [0.25, 0.3) is 161 Å². The Morgan fingerprint density at radius 2 is 0.598 bits per heavy atom. The Morgan fingerprint density at radius 3 is 1.01 bits per heavy atom. The maximum Gasteiger partial charge on any atom is 0.187 e. The molecule has 0 aliphatic carbocycles. The lowest BCUT2D eigenvalue weighted by molar-refractivity contribution is 1.06. The summed E-state index contributed by atoms with van der Waals surface area (Å²) in [6.45, 7) is 16.8. The van der Waals surface area contributed by atoms with Gasteiger partial charge in [0.1, 0.15) is 0 Å². The van der Waals surface area contributed by atoms with E-state index in [4.69, 9.17) is 21.5 Å². The first kappa shape index (κ1) is 55.3. The summed E-state index contributed by atoms with van der Waals surface area (Å²) in [4.78, 5) is 20.5. The third kappa shape index (κ3) is 9.99. The minimum absolute atomic E-state index is 0.519. The predicted molar refractivity (Wildman–Crippen MR) is 383 cm³/mol. The Bertz CT molecular complexity index is 5380. The average Bonchev–Trinajstić information content (AvgIpc) is 1.40. The van der Waals surface area contributed by atoms with E-state index in [0.29, 0.717) is 23.2 Å². The molecule has 0 aliphatic rings. The van der Waals surface area contributed by atoms with Gasteiger partial charge in [0.05, 0.1) is 45.6 Å². The molecule has 0 aliphatic heterocycles. The first-order valence-corrected chi connectivity index (χ1v) is 31.2. The Hall–Kier alpha value is -12.0. The topological polar surface area (TPSA) is 52.9 Å². The van der Waals surface area contributed by atoms with Crippen molar-refractivity contribution in [1.82, 2.24) is 24.1 Å². The van der Waals surface area contributed by atoms with Gasteiger partial charge in [0, 0.05) is 38.2 Å². The molecule has 13 aromatic carbocycles. The molecule has 0 bridgehead atoms. The number of rotatable bonds is 11. The maximum atomic E-state index is 8.14. The van der Waals surface area contributed by atoms with Crippen LogP contribution in [0.1, 0.15) is 22.3 Å². The van der Waals surface area contributed by atoms with Gasteiger partial charge in [-0.1, -0.05) is 241 Å². The summed E-state index contributed by atoms with van der Waals surface area (Å²) in [5.41, 5.74) is 27.0. The van der Waals surface area contributed by atoms with Gasteiger partial charge in [0.2, 0.25) is 0 Å². The summed E-state index contributed by atoms with van der Waals surface area (Å²) in [6, 6.07) is 105. The molecule has 434 valence electrons. The molecule has 0 atom stereocenters. The molecule has 0 fully saturated rings. The average molecular weight is 1180 g/mol. The van der Waals surface area contributed by atoms with E-state index >= 15 is 0 Å². The summed E-state index contributed by atoms with van der Waals surface area (Å²) in [6.07, 6.45) is 0. The third-order valence-corrected chi connectivity index (χ3v) is 18.0. The molecule has 3 aromatic heterocycles. The fraction of sp³-hybridized carbons (Fsp3) is 0.0465. The predicted octanol–water partition coefficient (Wildman–Crippen LogP) is 22.9. The molecular weight excluding hydrogens is 1120 g/mol. The van der Waals surface area contributed by atoms with Gasteiger partial charge in [-0.15, -0.1) is 0 Å². The largest absolute Gasteiger partial charge is 0.309 e. The minimum Gasteiger partial charge on any atom is -0.309 e. The minimum atomic E-state index is 0.519. The number of fused-ring (bicyclic) bond motifs is 6. The van der Waals surface area contributed by atoms with E-state index in [9.17, 15) is 0 Å². The maximum absolute atomic E-state index is 8.14. The molecule has 3 heterocycles. The van der Waals surface area contributed by atoms with Gasteiger partial charge in [-0.2, -0.15) is 0 Å². The lowest BCUT2D eigenvalue weighted by Crippen LogP contribution is -2.06. The monoisotopic (exact) mass is 1180 g/mol. The van der Waals surface area contributed by atoms with Crippen molar-refractivity contribution in [2.24, 2.45) is 0 Å². The highest BCUT2D eigenvalue weighted by Crippen LogP contribution is 2.47. The van der Waals surface area contributed by atoms with Crippen LogP contribution in [0.3, 0.4) is 0 Å². The van der Waals surface area contributed by atoms with Crippen LogP contribution in [0.4, 0.5) is 5.69 Å². The van der Waals surface area contributed by atoms with Crippen molar-refractivity contribution in [3.05, 3.63) is 325 Å². The molecule has 16 aromatic rings. The van der Waals surface area contributed by atoms with Crippen LogP contribution in [0.5, 0.6) is 0 Å².